The molecular formula is C21H20ClN3O4S. The van der Waals surface area contributed by atoms with E-state index in [0.717, 1.165) is 11.3 Å². The molecule has 156 valence electrons. The van der Waals surface area contributed by atoms with Crippen LogP contribution in [0.3, 0.4) is 0 Å². The van der Waals surface area contributed by atoms with Crippen molar-refractivity contribution in [3.05, 3.63) is 70.1 Å². The first-order chi connectivity index (χ1) is 14.6. The van der Waals surface area contributed by atoms with Crippen LogP contribution in [0.25, 0.3) is 11.3 Å². The molecule has 1 N–H and O–H groups in total. The summed E-state index contributed by atoms with van der Waals surface area (Å²) in [7, 11) is 1.79. The number of aliphatic hydroxyl groups is 1. The van der Waals surface area contributed by atoms with Crippen LogP contribution in [-0.2, 0) is 14.3 Å². The number of carbonyl (C=O) groups excluding carboxylic acids is 1. The Kier molecular flexibility index (Phi) is 8.06. The topological polar surface area (TPSA) is 84.3 Å². The minimum absolute atomic E-state index is 0.0926. The normalized spacial score (nSPS) is 12.2. The Labute approximate surface area is 183 Å². The summed E-state index contributed by atoms with van der Waals surface area (Å²) in [6, 6.07) is 14.7. The first kappa shape index (κ1) is 22.1. The van der Waals surface area contributed by atoms with Gasteiger partial charge in [-0.25, -0.2) is 9.99 Å². The van der Waals surface area contributed by atoms with E-state index in [1.165, 1.54) is 11.3 Å². The molecule has 9 heteroatoms. The van der Waals surface area contributed by atoms with Gasteiger partial charge in [-0.15, -0.1) is 11.3 Å². The number of halogens is 1. The second-order valence-electron chi connectivity index (χ2n) is 6.07. The molecule has 0 saturated carbocycles. The molecule has 7 nitrogen and oxygen atoms in total. The van der Waals surface area contributed by atoms with Crippen molar-refractivity contribution in [3.63, 3.8) is 0 Å². The molecule has 0 saturated heterocycles. The van der Waals surface area contributed by atoms with E-state index in [4.69, 9.17) is 21.1 Å². The summed E-state index contributed by atoms with van der Waals surface area (Å²) in [5.74, 6) is 0. The van der Waals surface area contributed by atoms with E-state index < -0.39 is 6.29 Å². The summed E-state index contributed by atoms with van der Waals surface area (Å²) < 4.78 is 10.1. The number of aldehydes is 1. The molecule has 0 amide bonds. The zero-order valence-corrected chi connectivity index (χ0v) is 17.7. The fourth-order valence-electron chi connectivity index (χ4n) is 2.56. The molecule has 3 aromatic rings. The minimum Gasteiger partial charge on any atom is -0.364 e. The van der Waals surface area contributed by atoms with Gasteiger partial charge in [-0.1, -0.05) is 54.1 Å². The summed E-state index contributed by atoms with van der Waals surface area (Å²) in [4.78, 5) is 14.9. The second-order valence-corrected chi connectivity index (χ2v) is 7.31. The van der Waals surface area contributed by atoms with E-state index in [0.29, 0.717) is 27.6 Å². The Hall–Kier alpha value is -2.62. The Morgan fingerprint density at radius 2 is 2.03 bits per heavy atom. The average molecular weight is 446 g/mol. The lowest BCUT2D eigenvalue weighted by Crippen LogP contribution is -2.12. The van der Waals surface area contributed by atoms with Crippen LogP contribution in [0.1, 0.15) is 17.4 Å². The van der Waals surface area contributed by atoms with E-state index in [1.807, 2.05) is 41.8 Å². The van der Waals surface area contributed by atoms with Crippen molar-refractivity contribution in [3.8, 4) is 11.3 Å². The van der Waals surface area contributed by atoms with Crippen LogP contribution in [0.2, 0.25) is 5.02 Å². The maximum absolute atomic E-state index is 10.3. The zero-order chi connectivity index (χ0) is 21.3. The Morgan fingerprint density at radius 1 is 1.27 bits per heavy atom. The molecule has 1 atom stereocenters. The van der Waals surface area contributed by atoms with Gasteiger partial charge in [0.15, 0.2) is 13.1 Å². The van der Waals surface area contributed by atoms with Gasteiger partial charge in [0.1, 0.15) is 12.9 Å². The van der Waals surface area contributed by atoms with E-state index in [1.54, 1.807) is 30.4 Å². The van der Waals surface area contributed by atoms with Crippen molar-refractivity contribution >= 4 is 40.6 Å². The SMILES string of the molecule is CN(/N=C/c1ccccc1C(O)OCOCC=O)c1nc(-c2ccccc2Cl)cs1. The van der Waals surface area contributed by atoms with E-state index >= 15 is 0 Å². The van der Waals surface area contributed by atoms with E-state index in [-0.39, 0.29) is 13.4 Å². The highest BCUT2D eigenvalue weighted by Crippen LogP contribution is 2.31. The third-order valence-electron chi connectivity index (χ3n) is 4.05. The van der Waals surface area contributed by atoms with Gasteiger partial charge < -0.3 is 19.4 Å². The smallest absolute Gasteiger partial charge is 0.206 e. The molecule has 0 aliphatic heterocycles. The maximum atomic E-state index is 10.3. The van der Waals surface area contributed by atoms with Crippen LogP contribution in [0, 0.1) is 0 Å². The van der Waals surface area contributed by atoms with Crippen LogP contribution >= 0.6 is 22.9 Å². The average Bonchev–Trinajstić information content (AvgIpc) is 3.25. The lowest BCUT2D eigenvalue weighted by molar-refractivity contribution is -0.173. The molecule has 0 aliphatic rings. The molecule has 3 rings (SSSR count). The van der Waals surface area contributed by atoms with Gasteiger partial charge in [-0.3, -0.25) is 0 Å². The van der Waals surface area contributed by atoms with E-state index in [9.17, 15) is 9.90 Å². The van der Waals surface area contributed by atoms with Crippen molar-refractivity contribution in [2.75, 3.05) is 25.5 Å². The van der Waals surface area contributed by atoms with Crippen molar-refractivity contribution < 1.29 is 19.4 Å². The predicted molar refractivity (Wildman–Crippen MR) is 118 cm³/mol. The molecule has 0 aliphatic carbocycles. The number of carbonyl (C=O) groups is 1. The van der Waals surface area contributed by atoms with Gasteiger partial charge in [0.25, 0.3) is 0 Å². The van der Waals surface area contributed by atoms with Crippen molar-refractivity contribution in [1.82, 2.24) is 4.98 Å². The number of rotatable bonds is 10. The molecule has 1 aromatic heterocycles. The quantitative estimate of drug-likeness (QED) is 0.166. The van der Waals surface area contributed by atoms with Crippen LogP contribution in [0.5, 0.6) is 0 Å². The van der Waals surface area contributed by atoms with Gasteiger partial charge in [0.05, 0.1) is 11.9 Å². The number of thiazole rings is 1. The lowest BCUT2D eigenvalue weighted by Gasteiger charge is -2.14. The van der Waals surface area contributed by atoms with Crippen LogP contribution < -0.4 is 5.01 Å². The summed E-state index contributed by atoms with van der Waals surface area (Å²) >= 11 is 7.70. The van der Waals surface area contributed by atoms with Crippen LogP contribution in [-0.4, -0.2) is 43.0 Å². The Bertz CT molecular complexity index is 1010. The maximum Gasteiger partial charge on any atom is 0.206 e. The number of ether oxygens (including phenoxy) is 2. The number of hydrogen-bond donors (Lipinski definition) is 1. The highest BCUT2D eigenvalue weighted by molar-refractivity contribution is 7.14. The number of aromatic nitrogens is 1. The largest absolute Gasteiger partial charge is 0.364 e. The van der Waals surface area contributed by atoms with Crippen LogP contribution in [0.4, 0.5) is 5.13 Å². The van der Waals surface area contributed by atoms with Gasteiger partial charge in [0.2, 0.25) is 5.13 Å². The molecule has 0 radical (unpaired) electrons. The fourth-order valence-corrected chi connectivity index (χ4v) is 3.54. The summed E-state index contributed by atoms with van der Waals surface area (Å²) in [5.41, 5.74) is 2.85. The number of hydrazone groups is 1. The summed E-state index contributed by atoms with van der Waals surface area (Å²) in [6.07, 6.45) is 1.02. The molecule has 0 bridgehead atoms. The number of hydrogen-bond acceptors (Lipinski definition) is 8. The van der Waals surface area contributed by atoms with Crippen LogP contribution in [0.15, 0.2) is 59.0 Å². The molecule has 1 heterocycles. The van der Waals surface area contributed by atoms with Crippen molar-refractivity contribution in [1.29, 1.82) is 0 Å². The third-order valence-corrected chi connectivity index (χ3v) is 5.28. The van der Waals surface area contributed by atoms with Gasteiger partial charge >= 0.3 is 0 Å². The molecule has 0 fully saturated rings. The zero-order valence-electron chi connectivity index (χ0n) is 16.1. The van der Waals surface area contributed by atoms with Gasteiger partial charge in [-0.2, -0.15) is 5.10 Å². The third kappa shape index (κ3) is 5.71. The van der Waals surface area contributed by atoms with Gasteiger partial charge in [-0.05, 0) is 6.07 Å². The fraction of sp³-hybridized carbons (Fsp3) is 0.190. The van der Waals surface area contributed by atoms with Gasteiger partial charge in [0, 0.05) is 34.1 Å². The molecule has 0 spiro atoms. The number of nitrogens with zero attached hydrogens (tertiary/aromatic N) is 3. The van der Waals surface area contributed by atoms with Crippen molar-refractivity contribution in [2.24, 2.45) is 5.10 Å². The Morgan fingerprint density at radius 3 is 2.83 bits per heavy atom. The minimum atomic E-state index is -1.21. The molecule has 1 unspecified atom stereocenters. The number of benzene rings is 2. The predicted octanol–water partition coefficient (Wildman–Crippen LogP) is 4.11. The summed E-state index contributed by atoms with van der Waals surface area (Å²) in [6.45, 7) is -0.292. The highest BCUT2D eigenvalue weighted by Gasteiger charge is 2.13. The molecule has 2 aromatic carbocycles. The Balaban J connectivity index is 1.70. The van der Waals surface area contributed by atoms with Crippen molar-refractivity contribution in [2.45, 2.75) is 6.29 Å². The number of anilines is 1. The molecular weight excluding hydrogens is 426 g/mol. The summed E-state index contributed by atoms with van der Waals surface area (Å²) in [5, 5.41) is 19.6. The lowest BCUT2D eigenvalue weighted by atomic mass is 10.1. The number of aliphatic hydroxyl groups excluding tert-OH is 1. The first-order valence-electron chi connectivity index (χ1n) is 8.98. The first-order valence-corrected chi connectivity index (χ1v) is 10.2. The van der Waals surface area contributed by atoms with E-state index in [2.05, 4.69) is 10.1 Å². The second kappa shape index (κ2) is 11.0. The molecule has 30 heavy (non-hydrogen) atoms. The standard InChI is InChI=1S/C21H20ClN3O4S/c1-25(21-24-19(13-30-21)17-8-4-5-9-18(17)22)23-12-15-6-2-3-7-16(15)20(27)29-14-28-11-10-26/h2-10,12-13,20,27H,11,14H2,1H3/b23-12+. The highest BCUT2D eigenvalue weighted by atomic mass is 35.5. The monoisotopic (exact) mass is 445 g/mol.